The summed E-state index contributed by atoms with van der Waals surface area (Å²) in [6, 6.07) is 13.2. The van der Waals surface area contributed by atoms with Gasteiger partial charge in [-0.2, -0.15) is 0 Å². The van der Waals surface area contributed by atoms with Gasteiger partial charge in [0.25, 0.3) is 0 Å². The number of hydrogen-bond acceptors (Lipinski definition) is 5. The molecule has 37 heavy (non-hydrogen) atoms. The van der Waals surface area contributed by atoms with Crippen LogP contribution in [0.1, 0.15) is 57.0 Å². The van der Waals surface area contributed by atoms with Crippen LogP contribution in [0, 0.1) is 6.92 Å². The van der Waals surface area contributed by atoms with Gasteiger partial charge in [-0.1, -0.05) is 17.2 Å². The van der Waals surface area contributed by atoms with Crippen molar-refractivity contribution in [2.75, 3.05) is 51.3 Å². The number of carbonyl (C=O) groups excluding carboxylic acids is 1. The largest absolute Gasteiger partial charge is 0.499 e. The number of nitrogens with zero attached hydrogens (tertiary/aromatic N) is 6. The van der Waals surface area contributed by atoms with E-state index >= 15 is 0 Å². The Kier molecular flexibility index (Phi) is 7.33. The molecule has 2 aliphatic heterocycles. The van der Waals surface area contributed by atoms with Crippen molar-refractivity contribution in [2.45, 2.75) is 58.5 Å². The van der Waals surface area contributed by atoms with Gasteiger partial charge in [-0.05, 0) is 48.1 Å². The molecule has 0 aliphatic carbocycles. The average molecular weight is 508 g/mol. The Morgan fingerprint density at radius 1 is 1.08 bits per heavy atom. The van der Waals surface area contributed by atoms with Crippen LogP contribution in [0.4, 0.5) is 5.82 Å². The third kappa shape index (κ3) is 5.28. The fourth-order valence-corrected chi connectivity index (χ4v) is 5.60. The first-order valence-electron chi connectivity index (χ1n) is 13.6. The van der Waals surface area contributed by atoms with Gasteiger partial charge in [0.2, 0.25) is 5.91 Å². The van der Waals surface area contributed by atoms with E-state index in [1.807, 2.05) is 23.4 Å². The molecular formula is C28H41N7O2+2. The number of nitrogens with one attached hydrogen (secondary N) is 1. The van der Waals surface area contributed by atoms with Crippen LogP contribution in [-0.2, 0) is 4.79 Å². The predicted octanol–water partition coefficient (Wildman–Crippen LogP) is 2.25. The molecule has 2 aliphatic rings. The smallest absolute Gasteiger partial charge is 0.492 e. The number of carbonyl (C=O) groups is 1. The quantitative estimate of drug-likeness (QED) is 0.497. The number of likely N-dealkylation sites (N-methyl/N-ethyl adjacent to an activating group) is 1. The van der Waals surface area contributed by atoms with E-state index in [1.54, 1.807) is 0 Å². The number of piperidine rings is 1. The molecule has 0 spiro atoms. The SMILES string of the molecule is Cc1[nH][n+](C(C)C)c2ccc(N3CCC(c4ccc(OCCN5CCN(C)C(=O)[C@H]5C)cc4)CC3)n[n+]12. The van der Waals surface area contributed by atoms with Crippen molar-refractivity contribution >= 4 is 17.4 Å². The highest BCUT2D eigenvalue weighted by atomic mass is 16.5. The Morgan fingerprint density at radius 3 is 2.51 bits per heavy atom. The Bertz CT molecular complexity index is 1230. The highest BCUT2D eigenvalue weighted by Gasteiger charge is 2.31. The third-order valence-corrected chi connectivity index (χ3v) is 7.99. The maximum Gasteiger partial charge on any atom is 0.499 e. The van der Waals surface area contributed by atoms with Crippen LogP contribution >= 0.6 is 0 Å². The number of rotatable bonds is 7. The predicted molar refractivity (Wildman–Crippen MR) is 142 cm³/mol. The molecule has 3 aromatic rings. The molecule has 0 unspecified atom stereocenters. The number of aromatic nitrogens is 4. The van der Waals surface area contributed by atoms with Gasteiger partial charge < -0.3 is 14.5 Å². The zero-order chi connectivity index (χ0) is 26.1. The van der Waals surface area contributed by atoms with Gasteiger partial charge in [0, 0.05) is 76.2 Å². The van der Waals surface area contributed by atoms with Crippen molar-refractivity contribution in [3.63, 3.8) is 0 Å². The van der Waals surface area contributed by atoms with E-state index in [0.29, 0.717) is 18.6 Å². The molecule has 5 rings (SSSR count). The standard InChI is InChI=1S/C28H40N7O2/c1-20(2)34-27-11-10-26(30-35(27)22(4)29-34)33-14-12-24(13-15-33)23-6-8-25(9-7-23)37-19-18-32-17-16-31(5)28(36)21(32)3/h6-11,20-21,24H,12-19H2,1-5H3/q+1/p+1/t21-/m1/s1. The second kappa shape index (κ2) is 10.7. The highest BCUT2D eigenvalue weighted by Crippen LogP contribution is 2.30. The van der Waals surface area contributed by atoms with Crippen LogP contribution in [0.5, 0.6) is 5.75 Å². The van der Waals surface area contributed by atoms with Crippen molar-refractivity contribution in [3.05, 3.63) is 47.8 Å². The number of aromatic amines is 1. The van der Waals surface area contributed by atoms with Crippen LogP contribution in [0.3, 0.4) is 0 Å². The van der Waals surface area contributed by atoms with E-state index in [9.17, 15) is 4.79 Å². The van der Waals surface area contributed by atoms with Crippen LogP contribution in [0.25, 0.3) is 5.65 Å². The number of ether oxygens (including phenoxy) is 1. The van der Waals surface area contributed by atoms with E-state index in [1.165, 1.54) is 5.56 Å². The molecule has 2 aromatic heterocycles. The van der Waals surface area contributed by atoms with Gasteiger partial charge in [-0.3, -0.25) is 9.69 Å². The summed E-state index contributed by atoms with van der Waals surface area (Å²) in [5.74, 6) is 3.71. The second-order valence-corrected chi connectivity index (χ2v) is 10.8. The van der Waals surface area contributed by atoms with Crippen molar-refractivity contribution in [1.82, 2.24) is 20.0 Å². The van der Waals surface area contributed by atoms with Gasteiger partial charge in [0.05, 0.1) is 12.1 Å². The number of hydrogen-bond donors (Lipinski definition) is 1. The molecule has 2 saturated heterocycles. The Morgan fingerprint density at radius 2 is 1.81 bits per heavy atom. The molecule has 1 aromatic carbocycles. The number of fused-ring (bicyclic) bond motifs is 1. The van der Waals surface area contributed by atoms with Gasteiger partial charge in [0.1, 0.15) is 12.4 Å². The summed E-state index contributed by atoms with van der Waals surface area (Å²) in [5.41, 5.74) is 2.46. The van der Waals surface area contributed by atoms with Crippen molar-refractivity contribution in [2.24, 2.45) is 0 Å². The lowest BCUT2D eigenvalue weighted by Gasteiger charge is -2.37. The molecule has 198 valence electrons. The molecule has 9 nitrogen and oxygen atoms in total. The minimum Gasteiger partial charge on any atom is -0.492 e. The number of H-pyrrole nitrogens is 1. The number of anilines is 1. The summed E-state index contributed by atoms with van der Waals surface area (Å²) in [7, 11) is 1.87. The van der Waals surface area contributed by atoms with E-state index in [-0.39, 0.29) is 11.9 Å². The van der Waals surface area contributed by atoms with Gasteiger partial charge in [0.15, 0.2) is 11.9 Å². The van der Waals surface area contributed by atoms with Crippen molar-refractivity contribution < 1.29 is 18.7 Å². The van der Waals surface area contributed by atoms with Crippen molar-refractivity contribution in [3.8, 4) is 5.75 Å². The van der Waals surface area contributed by atoms with Gasteiger partial charge in [-0.25, -0.2) is 0 Å². The molecule has 1 amide bonds. The summed E-state index contributed by atoms with van der Waals surface area (Å²) in [6.45, 7) is 13.4. The topological polar surface area (TPSA) is 72.7 Å². The van der Waals surface area contributed by atoms with E-state index in [2.05, 4.69) is 76.7 Å². The molecule has 1 N–H and O–H groups in total. The summed E-state index contributed by atoms with van der Waals surface area (Å²) in [5, 5.41) is 8.36. The normalized spacial score (nSPS) is 19.8. The maximum absolute atomic E-state index is 12.2. The van der Waals surface area contributed by atoms with Crippen molar-refractivity contribution in [1.29, 1.82) is 0 Å². The average Bonchev–Trinajstić information content (AvgIpc) is 3.25. The Labute approximate surface area is 219 Å². The first-order chi connectivity index (χ1) is 17.8. The third-order valence-electron chi connectivity index (χ3n) is 7.99. The van der Waals surface area contributed by atoms with Gasteiger partial charge in [-0.15, -0.1) is 0 Å². The number of amides is 1. The number of piperazine rings is 1. The Balaban J connectivity index is 1.13. The lowest BCUT2D eigenvalue weighted by molar-refractivity contribution is -0.770. The first-order valence-corrected chi connectivity index (χ1v) is 13.6. The number of aryl methyl sites for hydroxylation is 1. The molecule has 0 radical (unpaired) electrons. The molecule has 0 bridgehead atoms. The lowest BCUT2D eigenvalue weighted by Crippen LogP contribution is -2.55. The summed E-state index contributed by atoms with van der Waals surface area (Å²) in [6.07, 6.45) is 2.22. The molecule has 9 heteroatoms. The lowest BCUT2D eigenvalue weighted by atomic mass is 9.89. The molecular weight excluding hydrogens is 466 g/mol. The maximum atomic E-state index is 12.2. The van der Waals surface area contributed by atoms with Crippen LogP contribution < -0.4 is 18.8 Å². The molecule has 0 saturated carbocycles. The number of benzene rings is 1. The summed E-state index contributed by atoms with van der Waals surface area (Å²) in [4.78, 5) is 18.6. The molecule has 4 heterocycles. The Hall–Kier alpha value is -3.20. The molecule has 1 atom stereocenters. The van der Waals surface area contributed by atoms with Crippen LogP contribution in [0.2, 0.25) is 0 Å². The highest BCUT2D eigenvalue weighted by molar-refractivity contribution is 5.81. The van der Waals surface area contributed by atoms with E-state index < -0.39 is 0 Å². The minimum atomic E-state index is -0.0743. The fraction of sp³-hybridized carbons (Fsp3) is 0.571. The zero-order valence-corrected chi connectivity index (χ0v) is 22.9. The van der Waals surface area contributed by atoms with Crippen LogP contribution in [-0.4, -0.2) is 78.3 Å². The van der Waals surface area contributed by atoms with E-state index in [0.717, 1.165) is 68.6 Å². The first kappa shape index (κ1) is 25.4. The molecule has 2 fully saturated rings. The monoisotopic (exact) mass is 507 g/mol. The minimum absolute atomic E-state index is 0.0743. The van der Waals surface area contributed by atoms with Gasteiger partial charge >= 0.3 is 11.5 Å². The van der Waals surface area contributed by atoms with Crippen LogP contribution in [0.15, 0.2) is 36.4 Å². The fourth-order valence-electron chi connectivity index (χ4n) is 5.60. The van der Waals surface area contributed by atoms with E-state index in [4.69, 9.17) is 9.84 Å². The summed E-state index contributed by atoms with van der Waals surface area (Å²) >= 11 is 0. The summed E-state index contributed by atoms with van der Waals surface area (Å²) < 4.78 is 10.2. The zero-order valence-electron chi connectivity index (χ0n) is 22.9. The second-order valence-electron chi connectivity index (χ2n) is 10.8.